The van der Waals surface area contributed by atoms with Gasteiger partial charge in [-0.2, -0.15) is 0 Å². The molecule has 2 atom stereocenters. The molecule has 0 heterocycles. The predicted molar refractivity (Wildman–Crippen MR) is 128 cm³/mol. The molecule has 148 valence electrons. The smallest absolute Gasteiger partial charge is 0.0184 e. The zero-order valence-electron chi connectivity index (χ0n) is 17.4. The Balaban J connectivity index is 0.000000147. The van der Waals surface area contributed by atoms with Crippen molar-refractivity contribution >= 4 is 12.2 Å². The van der Waals surface area contributed by atoms with Gasteiger partial charge in [-0.1, -0.05) is 60.7 Å². The third-order valence-electron chi connectivity index (χ3n) is 5.84. The number of fused-ring (bicyclic) bond motifs is 2. The molecule has 0 saturated heterocycles. The molecule has 1 heteroatoms. The molecule has 0 nitrogen and oxygen atoms in total. The van der Waals surface area contributed by atoms with Crippen LogP contribution in [0.4, 0.5) is 0 Å². The zero-order chi connectivity index (χ0) is 20.9. The molecular formula is C30H24Hf. The summed E-state index contributed by atoms with van der Waals surface area (Å²) in [5, 5.41) is 0. The maximum absolute atomic E-state index is 2.45. The van der Waals surface area contributed by atoms with E-state index in [2.05, 4.69) is 121 Å². The summed E-state index contributed by atoms with van der Waals surface area (Å²) in [4.78, 5) is 0. The number of allylic oxidation sites excluding steroid dienone is 2. The van der Waals surface area contributed by atoms with E-state index in [9.17, 15) is 0 Å². The van der Waals surface area contributed by atoms with Crippen LogP contribution in [0.25, 0.3) is 23.3 Å². The SMILES string of the molecule is C1=C[CH]([Hf][CH]2C=Cc3ccccc32)c2ccccc21.c1ccc(-c2ccccc2)cc1. The molecule has 2 unspecified atom stereocenters. The van der Waals surface area contributed by atoms with E-state index in [1.807, 2.05) is 12.1 Å². The first-order valence-corrected chi connectivity index (χ1v) is 14.9. The van der Waals surface area contributed by atoms with Gasteiger partial charge in [-0.05, 0) is 11.1 Å². The van der Waals surface area contributed by atoms with Crippen molar-refractivity contribution in [2.24, 2.45) is 0 Å². The van der Waals surface area contributed by atoms with Gasteiger partial charge in [0.15, 0.2) is 0 Å². The van der Waals surface area contributed by atoms with Gasteiger partial charge in [0, 0.05) is 0 Å². The largest absolute Gasteiger partial charge is 0.0622 e. The maximum Gasteiger partial charge on any atom is -0.0184 e. The number of hydrogen-bond acceptors (Lipinski definition) is 0. The maximum atomic E-state index is 2.45. The number of rotatable bonds is 3. The summed E-state index contributed by atoms with van der Waals surface area (Å²) in [7, 11) is 0. The second-order valence-corrected chi connectivity index (χ2v) is 13.5. The first-order valence-electron chi connectivity index (χ1n) is 10.8. The van der Waals surface area contributed by atoms with Crippen LogP contribution >= 0.6 is 0 Å². The van der Waals surface area contributed by atoms with E-state index < -0.39 is 22.9 Å². The van der Waals surface area contributed by atoms with E-state index >= 15 is 0 Å². The number of hydrogen-bond donors (Lipinski definition) is 0. The Bertz CT molecular complexity index is 1110. The third kappa shape index (κ3) is 4.62. The van der Waals surface area contributed by atoms with Crippen molar-refractivity contribution in [3.8, 4) is 11.1 Å². The Morgan fingerprint density at radius 3 is 1.26 bits per heavy atom. The molecule has 0 radical (unpaired) electrons. The first-order chi connectivity index (χ1) is 15.4. The molecule has 31 heavy (non-hydrogen) atoms. The Labute approximate surface area is 196 Å². The summed E-state index contributed by atoms with van der Waals surface area (Å²) in [5.74, 6) is 0. The second-order valence-electron chi connectivity index (χ2n) is 7.83. The van der Waals surface area contributed by atoms with Crippen LogP contribution in [0.2, 0.25) is 0 Å². The van der Waals surface area contributed by atoms with Gasteiger partial charge in [0.2, 0.25) is 0 Å². The molecule has 2 aliphatic carbocycles. The first kappa shape index (κ1) is 20.2. The van der Waals surface area contributed by atoms with Crippen molar-refractivity contribution in [3.05, 3.63) is 144 Å². The molecule has 0 aromatic heterocycles. The standard InChI is InChI=1S/C12H10.2C9H7.Hf/c1-3-7-11(8-4-1)12-9-5-2-6-10-12;2*1-2-5-9-7-3-6-8(9)4-1;/h1-10H;2*1-7H;. The molecule has 0 saturated carbocycles. The predicted octanol–water partition coefficient (Wildman–Crippen LogP) is 7.96. The second kappa shape index (κ2) is 9.58. The van der Waals surface area contributed by atoms with Crippen LogP contribution in [0.1, 0.15) is 29.6 Å². The quantitative estimate of drug-likeness (QED) is 0.222. The average Bonchev–Trinajstić information content (AvgIpc) is 3.46. The van der Waals surface area contributed by atoms with Gasteiger partial charge in [0.1, 0.15) is 0 Å². The van der Waals surface area contributed by atoms with Crippen LogP contribution < -0.4 is 0 Å². The van der Waals surface area contributed by atoms with E-state index in [-0.39, 0.29) is 0 Å². The van der Waals surface area contributed by atoms with E-state index in [1.54, 1.807) is 11.1 Å². The van der Waals surface area contributed by atoms with Gasteiger partial charge in [-0.15, -0.1) is 0 Å². The molecular weight excluding hydrogens is 539 g/mol. The Hall–Kier alpha value is -2.77. The van der Waals surface area contributed by atoms with Gasteiger partial charge in [-0.25, -0.2) is 0 Å². The van der Waals surface area contributed by atoms with Crippen LogP contribution in [0, 0.1) is 0 Å². The Morgan fingerprint density at radius 2 is 0.806 bits per heavy atom. The van der Waals surface area contributed by atoms with E-state index in [1.165, 1.54) is 22.3 Å². The van der Waals surface area contributed by atoms with Gasteiger partial charge in [0.05, 0.1) is 0 Å². The van der Waals surface area contributed by atoms with Crippen molar-refractivity contribution in [2.75, 3.05) is 0 Å². The normalized spacial score (nSPS) is 17.4. The van der Waals surface area contributed by atoms with Crippen LogP contribution in [-0.4, -0.2) is 0 Å². The van der Waals surface area contributed by atoms with Crippen molar-refractivity contribution < 1.29 is 22.9 Å². The van der Waals surface area contributed by atoms with E-state index in [0.717, 1.165) is 7.35 Å². The van der Waals surface area contributed by atoms with Crippen LogP contribution in [-0.2, 0) is 22.9 Å². The van der Waals surface area contributed by atoms with Crippen molar-refractivity contribution in [3.63, 3.8) is 0 Å². The minimum Gasteiger partial charge on any atom is -0.0622 e. The fourth-order valence-electron chi connectivity index (χ4n) is 4.24. The Kier molecular flexibility index (Phi) is 6.23. The molecule has 0 fully saturated rings. The van der Waals surface area contributed by atoms with Crippen molar-refractivity contribution in [2.45, 2.75) is 7.35 Å². The van der Waals surface area contributed by atoms with E-state index in [0.29, 0.717) is 0 Å². The molecule has 6 rings (SSSR count). The summed E-state index contributed by atoms with van der Waals surface area (Å²) in [6, 6.07) is 38.6. The minimum absolute atomic E-state index is 0.761. The van der Waals surface area contributed by atoms with Gasteiger partial charge >= 0.3 is 125 Å². The molecule has 2 aliphatic rings. The topological polar surface area (TPSA) is 0 Å². The van der Waals surface area contributed by atoms with Crippen LogP contribution in [0.3, 0.4) is 0 Å². The summed E-state index contributed by atoms with van der Waals surface area (Å²) >= 11 is -0.790. The van der Waals surface area contributed by atoms with Crippen LogP contribution in [0.15, 0.2) is 121 Å². The third-order valence-corrected chi connectivity index (χ3v) is 12.0. The van der Waals surface area contributed by atoms with Gasteiger partial charge < -0.3 is 0 Å². The summed E-state index contributed by atoms with van der Waals surface area (Å²) < 4.78 is 1.52. The minimum atomic E-state index is -0.790. The molecule has 4 aromatic carbocycles. The molecule has 0 spiro atoms. The van der Waals surface area contributed by atoms with Crippen LogP contribution in [0.5, 0.6) is 0 Å². The monoisotopic (exact) mass is 564 g/mol. The van der Waals surface area contributed by atoms with Crippen molar-refractivity contribution in [1.29, 1.82) is 0 Å². The molecule has 0 aliphatic heterocycles. The molecule has 0 amide bonds. The molecule has 4 aromatic rings. The fraction of sp³-hybridized carbons (Fsp3) is 0.0667. The number of benzene rings is 4. The summed E-state index contributed by atoms with van der Waals surface area (Å²) in [6.45, 7) is 0. The Morgan fingerprint density at radius 1 is 0.419 bits per heavy atom. The average molecular weight is 563 g/mol. The van der Waals surface area contributed by atoms with Gasteiger partial charge in [0.25, 0.3) is 0 Å². The molecule has 0 bridgehead atoms. The summed E-state index contributed by atoms with van der Waals surface area (Å²) in [5.41, 5.74) is 8.58. The summed E-state index contributed by atoms with van der Waals surface area (Å²) in [6.07, 6.45) is 9.53. The van der Waals surface area contributed by atoms with E-state index in [4.69, 9.17) is 0 Å². The van der Waals surface area contributed by atoms with Crippen molar-refractivity contribution in [1.82, 2.24) is 0 Å². The molecule has 0 N–H and O–H groups in total. The zero-order valence-corrected chi connectivity index (χ0v) is 20.9. The fourth-order valence-corrected chi connectivity index (χ4v) is 10.3. The van der Waals surface area contributed by atoms with Gasteiger partial charge in [-0.3, -0.25) is 0 Å².